The Hall–Kier alpha value is -2.32. The van der Waals surface area contributed by atoms with Crippen LogP contribution in [0, 0.1) is 11.3 Å². The van der Waals surface area contributed by atoms with Crippen molar-refractivity contribution in [1.82, 2.24) is 4.98 Å². The molecule has 2 aromatic rings. The van der Waals surface area contributed by atoms with E-state index in [1.165, 1.54) is 0 Å². The molecule has 0 aliphatic carbocycles. The predicted octanol–water partition coefficient (Wildman–Crippen LogP) is 1.52. The zero-order chi connectivity index (χ0) is 12.4. The second kappa shape index (κ2) is 4.51. The number of hydrogen-bond acceptors (Lipinski definition) is 4. The maximum absolute atomic E-state index is 8.80. The van der Waals surface area contributed by atoms with Gasteiger partial charge in [-0.1, -0.05) is 6.07 Å². The van der Waals surface area contributed by atoms with E-state index in [1.54, 1.807) is 25.8 Å². The minimum atomic E-state index is 0.414. The number of aromatic nitrogens is 1. The van der Waals surface area contributed by atoms with E-state index in [0.717, 1.165) is 11.0 Å². The molecule has 1 aromatic carbocycles. The topological polar surface area (TPSA) is 55.1 Å². The van der Waals surface area contributed by atoms with Gasteiger partial charge in [0.2, 0.25) is 5.88 Å². The number of nitriles is 1. The zero-order valence-electron chi connectivity index (χ0n) is 9.46. The highest BCUT2D eigenvalue weighted by Gasteiger charge is 2.14. The van der Waals surface area contributed by atoms with E-state index >= 15 is 0 Å². The molecular formula is C13H8BN2O2. The molecule has 85 valence electrons. The van der Waals surface area contributed by atoms with E-state index in [0.29, 0.717) is 23.8 Å². The molecule has 0 saturated heterocycles. The van der Waals surface area contributed by atoms with Gasteiger partial charge >= 0.3 is 7.48 Å². The van der Waals surface area contributed by atoms with Crippen molar-refractivity contribution < 1.29 is 9.39 Å². The summed E-state index contributed by atoms with van der Waals surface area (Å²) >= 11 is 0. The first-order chi connectivity index (χ1) is 8.85. The maximum Gasteiger partial charge on any atom is 0.330 e. The second-order valence-electron chi connectivity index (χ2n) is 3.89. The van der Waals surface area contributed by atoms with Crippen molar-refractivity contribution in [3.8, 4) is 17.7 Å². The smallest absolute Gasteiger partial charge is 0.330 e. The van der Waals surface area contributed by atoms with Crippen molar-refractivity contribution in [2.24, 2.45) is 0 Å². The minimum Gasteiger partial charge on any atom is -0.439 e. The van der Waals surface area contributed by atoms with Crippen molar-refractivity contribution in [2.75, 3.05) is 0 Å². The summed E-state index contributed by atoms with van der Waals surface area (Å²) in [6, 6.07) is 11.0. The molecule has 2 heterocycles. The SMILES string of the molecule is N#Cc1ccnc(Oc2ccc3c(c2)CO[B]3)c1. The lowest BCUT2D eigenvalue weighted by molar-refractivity contribution is 0.344. The molecule has 5 heteroatoms. The third kappa shape index (κ3) is 2.06. The number of pyridine rings is 1. The summed E-state index contributed by atoms with van der Waals surface area (Å²) < 4.78 is 10.8. The third-order valence-corrected chi connectivity index (χ3v) is 2.65. The lowest BCUT2D eigenvalue weighted by atomic mass is 9.87. The van der Waals surface area contributed by atoms with Gasteiger partial charge in [-0.25, -0.2) is 4.98 Å². The molecule has 4 nitrogen and oxygen atoms in total. The number of rotatable bonds is 2. The monoisotopic (exact) mass is 235 g/mol. The lowest BCUT2D eigenvalue weighted by Crippen LogP contribution is -2.10. The van der Waals surface area contributed by atoms with Crippen LogP contribution in [0.2, 0.25) is 0 Å². The molecule has 0 bridgehead atoms. The molecule has 1 radical (unpaired) electrons. The molecule has 0 unspecified atom stereocenters. The molecule has 1 aliphatic heterocycles. The van der Waals surface area contributed by atoms with Gasteiger partial charge in [0.05, 0.1) is 18.2 Å². The summed E-state index contributed by atoms with van der Waals surface area (Å²) in [6.45, 7) is 0.568. The van der Waals surface area contributed by atoms with E-state index in [9.17, 15) is 0 Å². The van der Waals surface area contributed by atoms with E-state index < -0.39 is 0 Å². The Morgan fingerprint density at radius 3 is 3.17 bits per heavy atom. The highest BCUT2D eigenvalue weighted by Crippen LogP contribution is 2.21. The van der Waals surface area contributed by atoms with Crippen LogP contribution in [0.4, 0.5) is 0 Å². The number of ether oxygens (including phenoxy) is 1. The van der Waals surface area contributed by atoms with Crippen molar-refractivity contribution in [2.45, 2.75) is 6.61 Å². The summed E-state index contributed by atoms with van der Waals surface area (Å²) in [5.74, 6) is 1.10. The van der Waals surface area contributed by atoms with Crippen LogP contribution >= 0.6 is 0 Å². The second-order valence-corrected chi connectivity index (χ2v) is 3.89. The number of nitrogens with zero attached hydrogens (tertiary/aromatic N) is 2. The average molecular weight is 235 g/mol. The first kappa shape index (κ1) is 10.8. The summed E-state index contributed by atoms with van der Waals surface area (Å²) in [7, 11) is 1.73. The summed E-state index contributed by atoms with van der Waals surface area (Å²) in [5, 5.41) is 8.80. The highest BCUT2D eigenvalue weighted by atomic mass is 16.5. The maximum atomic E-state index is 8.80. The number of benzene rings is 1. The van der Waals surface area contributed by atoms with Gasteiger partial charge in [0.1, 0.15) is 5.75 Å². The van der Waals surface area contributed by atoms with Crippen LogP contribution in [-0.2, 0) is 11.3 Å². The molecule has 18 heavy (non-hydrogen) atoms. The van der Waals surface area contributed by atoms with Crippen LogP contribution < -0.4 is 10.2 Å². The molecule has 3 rings (SSSR count). The van der Waals surface area contributed by atoms with E-state index in [2.05, 4.69) is 4.98 Å². The van der Waals surface area contributed by atoms with Crippen molar-refractivity contribution in [3.63, 3.8) is 0 Å². The van der Waals surface area contributed by atoms with Crippen molar-refractivity contribution in [1.29, 1.82) is 5.26 Å². The molecule has 0 amide bonds. The Morgan fingerprint density at radius 2 is 2.28 bits per heavy atom. The van der Waals surface area contributed by atoms with Gasteiger partial charge in [-0.05, 0) is 29.2 Å². The largest absolute Gasteiger partial charge is 0.439 e. The Kier molecular flexibility index (Phi) is 2.71. The summed E-state index contributed by atoms with van der Waals surface area (Å²) in [4.78, 5) is 4.06. The van der Waals surface area contributed by atoms with Crippen LogP contribution in [0.3, 0.4) is 0 Å². The highest BCUT2D eigenvalue weighted by molar-refractivity contribution is 6.48. The summed E-state index contributed by atoms with van der Waals surface area (Å²) in [6.07, 6.45) is 1.55. The molecule has 1 aromatic heterocycles. The third-order valence-electron chi connectivity index (χ3n) is 2.65. The molecule has 0 N–H and O–H groups in total. The fraction of sp³-hybridized carbons (Fsp3) is 0.0769. The standard InChI is InChI=1S/C13H8BN2O2/c15-7-9-3-4-16-13(5-9)18-11-1-2-12-10(6-11)8-17-14-12/h1-6H,8H2. The van der Waals surface area contributed by atoms with Gasteiger partial charge < -0.3 is 9.39 Å². The number of fused-ring (bicyclic) bond motifs is 1. The minimum absolute atomic E-state index is 0.414. The fourth-order valence-electron chi connectivity index (χ4n) is 1.76. The average Bonchev–Trinajstić information content (AvgIpc) is 2.86. The molecule has 0 spiro atoms. The van der Waals surface area contributed by atoms with Crippen LogP contribution in [0.1, 0.15) is 11.1 Å². The fourth-order valence-corrected chi connectivity index (χ4v) is 1.76. The first-order valence-electron chi connectivity index (χ1n) is 5.47. The Bertz CT molecular complexity index is 637. The van der Waals surface area contributed by atoms with E-state index in [-0.39, 0.29) is 0 Å². The Morgan fingerprint density at radius 1 is 1.33 bits per heavy atom. The molecule has 0 fully saturated rings. The number of hydrogen-bond donors (Lipinski definition) is 0. The van der Waals surface area contributed by atoms with E-state index in [4.69, 9.17) is 14.7 Å². The van der Waals surface area contributed by atoms with Gasteiger partial charge in [0.15, 0.2) is 0 Å². The summed E-state index contributed by atoms with van der Waals surface area (Å²) in [5.41, 5.74) is 2.68. The Balaban J connectivity index is 1.86. The Labute approximate surface area is 105 Å². The van der Waals surface area contributed by atoms with Crippen molar-refractivity contribution in [3.05, 3.63) is 47.7 Å². The molecule has 0 atom stereocenters. The van der Waals surface area contributed by atoms with Crippen LogP contribution in [0.5, 0.6) is 11.6 Å². The van der Waals surface area contributed by atoms with Crippen LogP contribution in [-0.4, -0.2) is 12.5 Å². The zero-order valence-corrected chi connectivity index (χ0v) is 9.46. The molecular weight excluding hydrogens is 227 g/mol. The van der Waals surface area contributed by atoms with Gasteiger partial charge in [0, 0.05) is 12.3 Å². The first-order valence-corrected chi connectivity index (χ1v) is 5.47. The van der Waals surface area contributed by atoms with Gasteiger partial charge in [-0.15, -0.1) is 0 Å². The lowest BCUT2D eigenvalue weighted by Gasteiger charge is -2.06. The van der Waals surface area contributed by atoms with Gasteiger partial charge in [0.25, 0.3) is 0 Å². The van der Waals surface area contributed by atoms with Crippen molar-refractivity contribution >= 4 is 12.9 Å². The molecule has 0 saturated carbocycles. The normalized spacial score (nSPS) is 12.4. The van der Waals surface area contributed by atoms with E-state index in [1.807, 2.05) is 24.3 Å². The predicted molar refractivity (Wildman–Crippen MR) is 65.6 cm³/mol. The van der Waals surface area contributed by atoms with Crippen LogP contribution in [0.25, 0.3) is 0 Å². The quantitative estimate of drug-likeness (QED) is 0.740. The van der Waals surface area contributed by atoms with Crippen LogP contribution in [0.15, 0.2) is 36.5 Å². The van der Waals surface area contributed by atoms with Gasteiger partial charge in [-0.3, -0.25) is 0 Å². The molecule has 1 aliphatic rings. The van der Waals surface area contributed by atoms with Gasteiger partial charge in [-0.2, -0.15) is 5.26 Å².